The number of halogens is 6. The van der Waals surface area contributed by atoms with Gasteiger partial charge in [-0.1, -0.05) is 23.9 Å². The zero-order valence-electron chi connectivity index (χ0n) is 20.6. The van der Waals surface area contributed by atoms with Gasteiger partial charge in [0.1, 0.15) is 5.75 Å². The summed E-state index contributed by atoms with van der Waals surface area (Å²) in [6, 6.07) is 8.76. The molecule has 2 aromatic rings. The minimum absolute atomic E-state index is 0.233. The van der Waals surface area contributed by atoms with Crippen LogP contribution in [0, 0.1) is 5.92 Å². The number of aliphatic carboxylic acids is 2. The number of nitrogens with two attached hydrogens (primary N) is 1. The van der Waals surface area contributed by atoms with E-state index in [9.17, 15) is 26.3 Å². The molecule has 8 nitrogen and oxygen atoms in total. The standard InChI is InChI=1S/C20H23N3OS.2C2HF3O2/c1-20-16(12-25-19(21)23-20)5-3-4-13-6-7-14(9-18(13)20)15-8-17(24-2)11-22-10-15;2*3-2(4,5)1(6)7/h6-11,16H,3-5,12H2,1-2H3,(H2,21,23);2*(H,6,7)/t16-,20+;;/m1../s1. The normalized spacial score (nSPS) is 20.3. The van der Waals surface area contributed by atoms with Crippen molar-refractivity contribution >= 4 is 28.9 Å². The molecule has 214 valence electrons. The van der Waals surface area contributed by atoms with Crippen molar-refractivity contribution in [2.45, 2.75) is 44.1 Å². The van der Waals surface area contributed by atoms with Crippen LogP contribution in [0.5, 0.6) is 5.75 Å². The van der Waals surface area contributed by atoms with Crippen LogP contribution >= 0.6 is 11.8 Å². The molecular formula is C24H25F6N3O5S. The fraction of sp³-hybridized carbons (Fsp3) is 0.417. The lowest BCUT2D eigenvalue weighted by Gasteiger charge is -2.37. The van der Waals surface area contributed by atoms with E-state index in [-0.39, 0.29) is 5.54 Å². The van der Waals surface area contributed by atoms with Crippen LogP contribution in [0.25, 0.3) is 11.1 Å². The van der Waals surface area contributed by atoms with Crippen molar-refractivity contribution in [2.24, 2.45) is 16.6 Å². The number of fused-ring (bicyclic) bond motifs is 3. The highest BCUT2D eigenvalue weighted by Gasteiger charge is 2.42. The molecule has 39 heavy (non-hydrogen) atoms. The monoisotopic (exact) mass is 581 g/mol. The highest BCUT2D eigenvalue weighted by Crippen LogP contribution is 2.46. The molecule has 2 aliphatic rings. The largest absolute Gasteiger partial charge is 0.495 e. The smallest absolute Gasteiger partial charge is 0.490 e. The Balaban J connectivity index is 0.000000317. The summed E-state index contributed by atoms with van der Waals surface area (Å²) in [4.78, 5) is 27.0. The number of rotatable bonds is 2. The van der Waals surface area contributed by atoms with Crippen LogP contribution in [0.1, 0.15) is 30.9 Å². The number of aliphatic imine (C=N–C) groups is 1. The van der Waals surface area contributed by atoms with E-state index in [4.69, 9.17) is 35.3 Å². The number of amidine groups is 1. The Bertz CT molecular complexity index is 1200. The Morgan fingerprint density at radius 1 is 1.05 bits per heavy atom. The van der Waals surface area contributed by atoms with Crippen molar-refractivity contribution in [3.63, 3.8) is 0 Å². The maximum absolute atomic E-state index is 10.6. The topological polar surface area (TPSA) is 135 Å². The predicted molar refractivity (Wildman–Crippen MR) is 131 cm³/mol. The van der Waals surface area contributed by atoms with Gasteiger partial charge in [-0.25, -0.2) is 9.59 Å². The third kappa shape index (κ3) is 8.50. The van der Waals surface area contributed by atoms with Gasteiger partial charge in [0, 0.05) is 17.5 Å². The number of nitrogens with zero attached hydrogens (tertiary/aromatic N) is 2. The van der Waals surface area contributed by atoms with Gasteiger partial charge in [-0.3, -0.25) is 9.98 Å². The molecule has 2 atom stereocenters. The molecule has 15 heteroatoms. The second-order valence-electron chi connectivity index (χ2n) is 8.59. The van der Waals surface area contributed by atoms with Crippen molar-refractivity contribution in [2.75, 3.05) is 12.9 Å². The number of hydrogen-bond acceptors (Lipinski definition) is 7. The average molecular weight is 582 g/mol. The lowest BCUT2D eigenvalue weighted by molar-refractivity contribution is -0.193. The molecule has 1 aromatic heterocycles. The van der Waals surface area contributed by atoms with Crippen LogP contribution in [-0.4, -0.2) is 57.5 Å². The minimum Gasteiger partial charge on any atom is -0.495 e. The predicted octanol–water partition coefficient (Wildman–Crippen LogP) is 5.25. The summed E-state index contributed by atoms with van der Waals surface area (Å²) < 4.78 is 68.8. The van der Waals surface area contributed by atoms with Crippen LogP contribution in [0.15, 0.2) is 41.7 Å². The molecule has 0 saturated heterocycles. The highest BCUT2D eigenvalue weighted by molar-refractivity contribution is 8.13. The SMILES string of the molecule is COc1cncc(-c2ccc3c(c2)[C@@]2(C)N=C(N)SC[C@H]2CCC3)c1.O=C(O)C(F)(F)F.O=C(O)C(F)(F)F. The molecule has 4 N–H and O–H groups in total. The fourth-order valence-corrected chi connectivity index (χ4v) is 5.14. The number of benzene rings is 1. The summed E-state index contributed by atoms with van der Waals surface area (Å²) >= 11 is 1.69. The van der Waals surface area contributed by atoms with Crippen molar-refractivity contribution in [1.29, 1.82) is 0 Å². The van der Waals surface area contributed by atoms with Gasteiger partial charge in [-0.15, -0.1) is 0 Å². The number of pyridine rings is 1. The number of alkyl halides is 6. The molecule has 0 spiro atoms. The molecule has 2 heterocycles. The first-order valence-electron chi connectivity index (χ1n) is 11.2. The lowest BCUT2D eigenvalue weighted by Crippen LogP contribution is -2.37. The molecule has 0 unspecified atom stereocenters. The molecule has 0 amide bonds. The number of thioether (sulfide) groups is 1. The number of carbonyl (C=O) groups is 2. The maximum Gasteiger partial charge on any atom is 0.490 e. The molecule has 0 radical (unpaired) electrons. The summed E-state index contributed by atoms with van der Waals surface area (Å²) in [6.45, 7) is 2.25. The first-order chi connectivity index (χ1) is 18.0. The Morgan fingerprint density at radius 2 is 1.64 bits per heavy atom. The van der Waals surface area contributed by atoms with E-state index in [2.05, 4.69) is 30.1 Å². The molecule has 1 aromatic carbocycles. The Labute approximate surface area is 223 Å². The summed E-state index contributed by atoms with van der Waals surface area (Å²) in [6.07, 6.45) is -3.03. The number of hydrogen-bond donors (Lipinski definition) is 3. The maximum atomic E-state index is 10.6. The van der Waals surface area contributed by atoms with E-state index >= 15 is 0 Å². The van der Waals surface area contributed by atoms with Crippen molar-refractivity contribution in [1.82, 2.24) is 4.98 Å². The number of carboxylic acids is 2. The van der Waals surface area contributed by atoms with E-state index in [0.29, 0.717) is 11.1 Å². The molecule has 0 fully saturated rings. The first kappa shape index (κ1) is 31.7. The molecule has 0 bridgehead atoms. The minimum atomic E-state index is -5.08. The fourth-order valence-electron chi connectivity index (χ4n) is 4.02. The summed E-state index contributed by atoms with van der Waals surface area (Å²) in [5, 5.41) is 15.0. The van der Waals surface area contributed by atoms with E-state index in [0.717, 1.165) is 29.1 Å². The van der Waals surface area contributed by atoms with E-state index in [1.807, 2.05) is 12.3 Å². The Hall–Kier alpha value is -3.49. The van der Waals surface area contributed by atoms with Gasteiger partial charge in [-0.05, 0) is 60.9 Å². The number of ether oxygens (including phenoxy) is 1. The van der Waals surface area contributed by atoms with Crippen LogP contribution in [-0.2, 0) is 21.5 Å². The molecule has 1 aliphatic carbocycles. The van der Waals surface area contributed by atoms with Crippen molar-refractivity contribution in [3.8, 4) is 16.9 Å². The molecule has 0 saturated carbocycles. The average Bonchev–Trinajstić information content (AvgIpc) is 2.99. The van der Waals surface area contributed by atoms with Gasteiger partial charge in [0.15, 0.2) is 5.17 Å². The number of aryl methyl sites for hydroxylation is 1. The van der Waals surface area contributed by atoms with Gasteiger partial charge in [0.05, 0.1) is 18.8 Å². The van der Waals surface area contributed by atoms with Crippen LogP contribution in [0.3, 0.4) is 0 Å². The van der Waals surface area contributed by atoms with Gasteiger partial charge in [0.25, 0.3) is 0 Å². The lowest BCUT2D eigenvalue weighted by atomic mass is 9.78. The van der Waals surface area contributed by atoms with Crippen molar-refractivity contribution < 1.29 is 50.9 Å². The Morgan fingerprint density at radius 3 is 2.18 bits per heavy atom. The summed E-state index contributed by atoms with van der Waals surface area (Å²) in [7, 11) is 1.67. The third-order valence-corrected chi connectivity index (χ3v) is 6.95. The van der Waals surface area contributed by atoms with E-state index in [1.54, 1.807) is 25.1 Å². The quantitative estimate of drug-likeness (QED) is 0.409. The van der Waals surface area contributed by atoms with Gasteiger partial charge in [-0.2, -0.15) is 26.3 Å². The van der Waals surface area contributed by atoms with E-state index in [1.165, 1.54) is 24.0 Å². The zero-order valence-corrected chi connectivity index (χ0v) is 21.5. The molecular weight excluding hydrogens is 556 g/mol. The van der Waals surface area contributed by atoms with Crippen molar-refractivity contribution in [3.05, 3.63) is 47.8 Å². The second kappa shape index (κ2) is 12.6. The van der Waals surface area contributed by atoms with Crippen LogP contribution in [0.4, 0.5) is 26.3 Å². The molecule has 1 aliphatic heterocycles. The van der Waals surface area contributed by atoms with Gasteiger partial charge >= 0.3 is 24.3 Å². The van der Waals surface area contributed by atoms with Crippen LogP contribution in [0.2, 0.25) is 0 Å². The second-order valence-corrected chi connectivity index (χ2v) is 9.63. The zero-order chi connectivity index (χ0) is 29.6. The highest BCUT2D eigenvalue weighted by atomic mass is 32.2. The number of methoxy groups -OCH3 is 1. The number of aromatic nitrogens is 1. The van der Waals surface area contributed by atoms with Gasteiger partial charge < -0.3 is 20.7 Å². The van der Waals surface area contributed by atoms with Gasteiger partial charge in [0.2, 0.25) is 0 Å². The summed E-state index contributed by atoms with van der Waals surface area (Å²) in [5.41, 5.74) is 10.8. The summed E-state index contributed by atoms with van der Waals surface area (Å²) in [5.74, 6) is -3.16. The third-order valence-electron chi connectivity index (χ3n) is 5.99. The Kier molecular flexibility index (Phi) is 10.2. The number of carboxylic acid groups (broad SMARTS) is 2. The van der Waals surface area contributed by atoms with E-state index < -0.39 is 24.3 Å². The molecule has 4 rings (SSSR count). The van der Waals surface area contributed by atoms with Crippen LogP contribution < -0.4 is 10.5 Å². The first-order valence-corrected chi connectivity index (χ1v) is 12.2.